The predicted molar refractivity (Wildman–Crippen MR) is 73.8 cm³/mol. The number of hydrogen-bond donors (Lipinski definition) is 1. The number of pyridine rings is 1. The lowest BCUT2D eigenvalue weighted by Gasteiger charge is -2.26. The Morgan fingerprint density at radius 3 is 3.00 bits per heavy atom. The molecule has 2 atom stereocenters. The summed E-state index contributed by atoms with van der Waals surface area (Å²) < 4.78 is 0. The number of hydrogen-bond acceptors (Lipinski definition) is 4. The third kappa shape index (κ3) is 3.00. The molecule has 0 spiro atoms. The van der Waals surface area contributed by atoms with Crippen LogP contribution in [0.4, 0.5) is 5.82 Å². The fourth-order valence-electron chi connectivity index (χ4n) is 2.52. The highest BCUT2D eigenvalue weighted by Crippen LogP contribution is 2.20. The van der Waals surface area contributed by atoms with E-state index in [1.807, 2.05) is 12.1 Å². The van der Waals surface area contributed by atoms with Crippen molar-refractivity contribution >= 4 is 5.82 Å². The molecule has 0 amide bonds. The van der Waals surface area contributed by atoms with E-state index < -0.39 is 6.10 Å². The summed E-state index contributed by atoms with van der Waals surface area (Å²) in [6.45, 7) is 3.97. The molecule has 1 aliphatic heterocycles. The van der Waals surface area contributed by atoms with Crippen LogP contribution in [0.1, 0.15) is 31.4 Å². The molecule has 1 saturated heterocycles. The Balaban J connectivity index is 2.04. The van der Waals surface area contributed by atoms with Gasteiger partial charge in [-0.2, -0.15) is 0 Å². The van der Waals surface area contributed by atoms with Gasteiger partial charge in [-0.25, -0.2) is 4.98 Å². The Hall–Kier alpha value is -1.13. The van der Waals surface area contributed by atoms with E-state index in [2.05, 4.69) is 28.9 Å². The van der Waals surface area contributed by atoms with E-state index in [0.717, 1.165) is 17.9 Å². The smallest absolute Gasteiger partial charge is 0.128 e. The van der Waals surface area contributed by atoms with E-state index in [-0.39, 0.29) is 0 Å². The Labute approximate surface area is 109 Å². The second-order valence-corrected chi connectivity index (χ2v) is 5.28. The Morgan fingerprint density at radius 1 is 1.61 bits per heavy atom. The molecule has 1 fully saturated rings. The maximum atomic E-state index is 9.60. The van der Waals surface area contributed by atoms with Crippen LogP contribution in [-0.2, 0) is 0 Å². The third-order valence-electron chi connectivity index (χ3n) is 3.80. The van der Waals surface area contributed by atoms with E-state index in [1.165, 1.54) is 19.4 Å². The number of rotatable bonds is 4. The van der Waals surface area contributed by atoms with Gasteiger partial charge in [-0.15, -0.1) is 0 Å². The molecule has 1 N–H and O–H groups in total. The van der Waals surface area contributed by atoms with Crippen molar-refractivity contribution < 1.29 is 5.11 Å². The molecule has 18 heavy (non-hydrogen) atoms. The molecule has 2 rings (SSSR count). The summed E-state index contributed by atoms with van der Waals surface area (Å²) >= 11 is 0. The zero-order valence-electron chi connectivity index (χ0n) is 11.5. The van der Waals surface area contributed by atoms with Crippen LogP contribution >= 0.6 is 0 Å². The molecule has 4 nitrogen and oxygen atoms in total. The first kappa shape index (κ1) is 13.3. The first-order valence-electron chi connectivity index (χ1n) is 6.63. The van der Waals surface area contributed by atoms with Crippen LogP contribution in [0, 0.1) is 0 Å². The van der Waals surface area contributed by atoms with Crippen LogP contribution in [0.2, 0.25) is 0 Å². The summed E-state index contributed by atoms with van der Waals surface area (Å²) in [5.41, 5.74) is 0.923. The first-order chi connectivity index (χ1) is 8.58. The highest BCUT2D eigenvalue weighted by atomic mass is 16.3. The lowest BCUT2D eigenvalue weighted by molar-refractivity contribution is 0.199. The minimum Gasteiger partial charge on any atom is -0.389 e. The quantitative estimate of drug-likeness (QED) is 0.881. The average Bonchev–Trinajstić information content (AvgIpc) is 2.75. The van der Waals surface area contributed by atoms with Crippen LogP contribution in [-0.4, -0.2) is 48.2 Å². The molecule has 1 aliphatic rings. The normalized spacial score (nSPS) is 22.1. The molecule has 0 saturated carbocycles. The lowest BCUT2D eigenvalue weighted by Crippen LogP contribution is -2.37. The summed E-state index contributed by atoms with van der Waals surface area (Å²) in [7, 11) is 4.26. The van der Waals surface area contributed by atoms with Gasteiger partial charge in [-0.1, -0.05) is 0 Å². The SMILES string of the molecule is C[C@@H](O)c1ccnc(N(C)CC2CCCN2C)c1. The Morgan fingerprint density at radius 2 is 2.39 bits per heavy atom. The second kappa shape index (κ2) is 5.67. The van der Waals surface area contributed by atoms with Gasteiger partial charge in [-0.3, -0.25) is 0 Å². The van der Waals surface area contributed by atoms with Crippen molar-refractivity contribution in [1.29, 1.82) is 0 Å². The van der Waals surface area contributed by atoms with Crippen LogP contribution in [0.5, 0.6) is 0 Å². The summed E-state index contributed by atoms with van der Waals surface area (Å²) in [6, 6.07) is 4.45. The number of aliphatic hydroxyl groups is 1. The molecule has 0 bridgehead atoms. The van der Waals surface area contributed by atoms with Gasteiger partial charge < -0.3 is 14.9 Å². The second-order valence-electron chi connectivity index (χ2n) is 5.28. The highest BCUT2D eigenvalue weighted by Gasteiger charge is 2.22. The predicted octanol–water partition coefficient (Wildman–Crippen LogP) is 1.67. The molecular weight excluding hydrogens is 226 g/mol. The number of nitrogens with zero attached hydrogens (tertiary/aromatic N) is 3. The van der Waals surface area contributed by atoms with E-state index in [1.54, 1.807) is 13.1 Å². The van der Waals surface area contributed by atoms with E-state index in [9.17, 15) is 5.11 Å². The summed E-state index contributed by atoms with van der Waals surface area (Å²) in [5.74, 6) is 0.939. The number of anilines is 1. The number of aromatic nitrogens is 1. The summed E-state index contributed by atoms with van der Waals surface area (Å²) in [6.07, 6.45) is 3.88. The highest BCUT2D eigenvalue weighted by molar-refractivity contribution is 5.40. The molecule has 4 heteroatoms. The summed E-state index contributed by atoms with van der Waals surface area (Å²) in [4.78, 5) is 8.98. The maximum absolute atomic E-state index is 9.60. The molecule has 0 aromatic carbocycles. The fourth-order valence-corrected chi connectivity index (χ4v) is 2.52. The van der Waals surface area contributed by atoms with Crippen molar-refractivity contribution in [2.45, 2.75) is 31.9 Å². The van der Waals surface area contributed by atoms with Crippen molar-refractivity contribution in [2.75, 3.05) is 32.1 Å². The van der Waals surface area contributed by atoms with Crippen molar-refractivity contribution in [3.63, 3.8) is 0 Å². The molecule has 1 aromatic rings. The van der Waals surface area contributed by atoms with Crippen molar-refractivity contribution in [3.05, 3.63) is 23.9 Å². The van der Waals surface area contributed by atoms with Gasteiger partial charge in [0.25, 0.3) is 0 Å². The molecular formula is C14H23N3O. The van der Waals surface area contributed by atoms with Gasteiger partial charge in [0.05, 0.1) is 6.10 Å². The zero-order valence-corrected chi connectivity index (χ0v) is 11.5. The number of aliphatic hydroxyl groups excluding tert-OH is 1. The molecule has 0 radical (unpaired) electrons. The van der Waals surface area contributed by atoms with E-state index in [0.29, 0.717) is 6.04 Å². The lowest BCUT2D eigenvalue weighted by atomic mass is 10.1. The molecule has 0 aliphatic carbocycles. The fraction of sp³-hybridized carbons (Fsp3) is 0.643. The van der Waals surface area contributed by atoms with Gasteiger partial charge in [0, 0.05) is 25.8 Å². The molecule has 100 valence electrons. The van der Waals surface area contributed by atoms with Crippen LogP contribution in [0.15, 0.2) is 18.3 Å². The van der Waals surface area contributed by atoms with E-state index in [4.69, 9.17) is 0 Å². The first-order valence-corrected chi connectivity index (χ1v) is 6.63. The van der Waals surface area contributed by atoms with Crippen molar-refractivity contribution in [3.8, 4) is 0 Å². The largest absolute Gasteiger partial charge is 0.389 e. The minimum atomic E-state index is -0.436. The van der Waals surface area contributed by atoms with Crippen LogP contribution in [0.3, 0.4) is 0 Å². The van der Waals surface area contributed by atoms with Gasteiger partial charge in [0.2, 0.25) is 0 Å². The molecule has 2 heterocycles. The summed E-state index contributed by atoms with van der Waals surface area (Å²) in [5, 5.41) is 9.60. The van der Waals surface area contributed by atoms with Gasteiger partial charge in [-0.05, 0) is 51.1 Å². The standard InChI is InChI=1S/C14H23N3O/c1-11(18)12-6-7-15-14(9-12)17(3)10-13-5-4-8-16(13)2/h6-7,9,11,13,18H,4-5,8,10H2,1-3H3/t11-,13?/m1/s1. The van der Waals surface area contributed by atoms with Crippen LogP contribution in [0.25, 0.3) is 0 Å². The topological polar surface area (TPSA) is 39.6 Å². The molecule has 1 unspecified atom stereocenters. The van der Waals surface area contributed by atoms with Crippen molar-refractivity contribution in [1.82, 2.24) is 9.88 Å². The third-order valence-corrected chi connectivity index (χ3v) is 3.80. The maximum Gasteiger partial charge on any atom is 0.128 e. The monoisotopic (exact) mass is 249 g/mol. The van der Waals surface area contributed by atoms with Crippen molar-refractivity contribution in [2.24, 2.45) is 0 Å². The zero-order chi connectivity index (χ0) is 13.1. The number of likely N-dealkylation sites (N-methyl/N-ethyl adjacent to an activating group) is 2. The average molecular weight is 249 g/mol. The number of likely N-dealkylation sites (tertiary alicyclic amines) is 1. The van der Waals surface area contributed by atoms with Gasteiger partial charge >= 0.3 is 0 Å². The van der Waals surface area contributed by atoms with Crippen LogP contribution < -0.4 is 4.90 Å². The van der Waals surface area contributed by atoms with Gasteiger partial charge in [0.1, 0.15) is 5.82 Å². The minimum absolute atomic E-state index is 0.436. The van der Waals surface area contributed by atoms with E-state index >= 15 is 0 Å². The van der Waals surface area contributed by atoms with Gasteiger partial charge in [0.15, 0.2) is 0 Å². The molecule has 1 aromatic heterocycles. The Kier molecular flexibility index (Phi) is 4.19. The Bertz CT molecular complexity index is 394.